The van der Waals surface area contributed by atoms with Crippen LogP contribution in [0.15, 0.2) is 42.5 Å². The molecule has 1 fully saturated rings. The van der Waals surface area contributed by atoms with Crippen molar-refractivity contribution in [2.45, 2.75) is 39.0 Å². The molecule has 148 valence electrons. The van der Waals surface area contributed by atoms with E-state index in [1.54, 1.807) is 0 Å². The van der Waals surface area contributed by atoms with Crippen molar-refractivity contribution in [3.05, 3.63) is 59.2 Å². The normalized spacial score (nSPS) is 16.5. The number of thioether (sulfide) groups is 1. The van der Waals surface area contributed by atoms with Crippen molar-refractivity contribution in [3.8, 4) is 11.5 Å². The van der Waals surface area contributed by atoms with Crippen molar-refractivity contribution in [1.29, 1.82) is 0 Å². The van der Waals surface area contributed by atoms with Gasteiger partial charge in [0.2, 0.25) is 5.91 Å². The smallest absolute Gasteiger partial charge is 0.289 e. The molecule has 1 atom stereocenters. The zero-order valence-corrected chi connectivity index (χ0v) is 17.3. The van der Waals surface area contributed by atoms with E-state index in [1.165, 1.54) is 10.5 Å². The summed E-state index contributed by atoms with van der Waals surface area (Å²) in [4.78, 5) is 25.5. The average molecular weight is 400 g/mol. The van der Waals surface area contributed by atoms with E-state index >= 15 is 0 Å². The maximum atomic E-state index is 12.3. The topological polar surface area (TPSA) is 55.8 Å². The third-order valence-electron chi connectivity index (χ3n) is 4.57. The van der Waals surface area contributed by atoms with Crippen LogP contribution in [0, 0.1) is 6.92 Å². The van der Waals surface area contributed by atoms with Crippen LogP contribution < -0.4 is 9.47 Å². The fourth-order valence-electron chi connectivity index (χ4n) is 3.04. The summed E-state index contributed by atoms with van der Waals surface area (Å²) in [6, 6.07) is 13.9. The molecule has 2 aromatic rings. The molecule has 0 aliphatic carbocycles. The Kier molecular flexibility index (Phi) is 6.62. The molecule has 1 aliphatic heterocycles. The molecule has 1 saturated heterocycles. The van der Waals surface area contributed by atoms with E-state index in [0.29, 0.717) is 37.7 Å². The molecule has 6 heteroatoms. The molecule has 0 bridgehead atoms. The lowest BCUT2D eigenvalue weighted by atomic mass is 10.1. The molecule has 5 nitrogen and oxygen atoms in total. The lowest BCUT2D eigenvalue weighted by molar-refractivity contribution is -0.126. The van der Waals surface area contributed by atoms with Gasteiger partial charge < -0.3 is 9.47 Å². The molecular weight excluding hydrogens is 374 g/mol. The number of benzene rings is 2. The first-order valence-corrected chi connectivity index (χ1v) is 10.4. The minimum atomic E-state index is -0.374. The standard InChI is InChI=1S/C22H25NO4S/c1-4-23-21(24)20(28-22(23)25)13-17-10-11-18(19(12-17)26-5-2)27-14-16-8-6-15(3)7-9-16/h6-12,20H,4-5,13-14H2,1-3H3/t20-/m0/s1. The second-order valence-electron chi connectivity index (χ2n) is 6.65. The molecule has 2 amide bonds. The summed E-state index contributed by atoms with van der Waals surface area (Å²) >= 11 is 1.10. The van der Waals surface area contributed by atoms with E-state index < -0.39 is 0 Å². The Bertz CT molecular complexity index is 850. The molecule has 2 aromatic carbocycles. The van der Waals surface area contributed by atoms with Crippen molar-refractivity contribution in [3.63, 3.8) is 0 Å². The SMILES string of the molecule is CCOc1cc(C[C@@H]2SC(=O)N(CC)C2=O)ccc1OCc1ccc(C)cc1. The van der Waals surface area contributed by atoms with Gasteiger partial charge in [-0.1, -0.05) is 47.7 Å². The summed E-state index contributed by atoms with van der Waals surface area (Å²) in [5, 5.41) is -0.540. The molecule has 0 radical (unpaired) electrons. The lowest BCUT2D eigenvalue weighted by Gasteiger charge is -2.15. The number of aryl methyl sites for hydroxylation is 1. The average Bonchev–Trinajstić information content (AvgIpc) is 2.95. The Morgan fingerprint density at radius 3 is 2.32 bits per heavy atom. The number of imide groups is 1. The monoisotopic (exact) mass is 399 g/mol. The van der Waals surface area contributed by atoms with Gasteiger partial charge in [0.25, 0.3) is 5.24 Å². The van der Waals surface area contributed by atoms with E-state index in [1.807, 2.05) is 44.2 Å². The number of nitrogens with zero attached hydrogens (tertiary/aromatic N) is 1. The summed E-state index contributed by atoms with van der Waals surface area (Å²) in [6.07, 6.45) is 0.490. The Labute approximate surface area is 170 Å². The molecule has 0 unspecified atom stereocenters. The van der Waals surface area contributed by atoms with Crippen molar-refractivity contribution in [1.82, 2.24) is 4.90 Å². The first-order chi connectivity index (χ1) is 13.5. The van der Waals surface area contributed by atoms with Gasteiger partial charge in [-0.15, -0.1) is 0 Å². The van der Waals surface area contributed by atoms with E-state index in [0.717, 1.165) is 22.9 Å². The van der Waals surface area contributed by atoms with Crippen LogP contribution in [0.2, 0.25) is 0 Å². The largest absolute Gasteiger partial charge is 0.490 e. The van der Waals surface area contributed by atoms with Gasteiger partial charge in [0.1, 0.15) is 6.61 Å². The zero-order valence-electron chi connectivity index (χ0n) is 16.4. The predicted octanol–water partition coefficient (Wildman–Crippen LogP) is 4.60. The van der Waals surface area contributed by atoms with Crippen molar-refractivity contribution >= 4 is 22.9 Å². The van der Waals surface area contributed by atoms with Gasteiger partial charge in [-0.05, 0) is 50.5 Å². The van der Waals surface area contributed by atoms with Gasteiger partial charge in [0.15, 0.2) is 11.5 Å². The van der Waals surface area contributed by atoms with Crippen molar-refractivity contribution in [2.24, 2.45) is 0 Å². The van der Waals surface area contributed by atoms with Crippen molar-refractivity contribution in [2.75, 3.05) is 13.2 Å². The first kappa shape index (κ1) is 20.3. The third kappa shape index (κ3) is 4.68. The Morgan fingerprint density at radius 2 is 1.68 bits per heavy atom. The van der Waals surface area contributed by atoms with E-state index in [9.17, 15) is 9.59 Å². The van der Waals surface area contributed by atoms with E-state index in [2.05, 4.69) is 19.1 Å². The summed E-state index contributed by atoms with van der Waals surface area (Å²) < 4.78 is 11.7. The number of carbonyl (C=O) groups excluding carboxylic acids is 2. The highest BCUT2D eigenvalue weighted by molar-refractivity contribution is 8.15. The summed E-state index contributed by atoms with van der Waals surface area (Å²) in [5.41, 5.74) is 3.24. The number of hydrogen-bond donors (Lipinski definition) is 0. The first-order valence-electron chi connectivity index (χ1n) is 9.47. The predicted molar refractivity (Wildman–Crippen MR) is 111 cm³/mol. The number of hydrogen-bond acceptors (Lipinski definition) is 5. The number of ether oxygens (including phenoxy) is 2. The molecule has 1 aliphatic rings. The van der Waals surface area contributed by atoms with Gasteiger partial charge in [-0.3, -0.25) is 14.5 Å². The van der Waals surface area contributed by atoms with Gasteiger partial charge >= 0.3 is 0 Å². The van der Waals surface area contributed by atoms with Crippen LogP contribution in [0.5, 0.6) is 11.5 Å². The second-order valence-corrected chi connectivity index (χ2v) is 7.80. The summed E-state index contributed by atoms with van der Waals surface area (Å²) in [5.74, 6) is 1.21. The number of amides is 2. The minimum absolute atomic E-state index is 0.116. The minimum Gasteiger partial charge on any atom is -0.490 e. The highest BCUT2D eigenvalue weighted by atomic mass is 32.2. The molecule has 28 heavy (non-hydrogen) atoms. The quantitative estimate of drug-likeness (QED) is 0.649. The van der Waals surface area contributed by atoms with Gasteiger partial charge in [0.05, 0.1) is 11.9 Å². The van der Waals surface area contributed by atoms with Crippen molar-refractivity contribution < 1.29 is 19.1 Å². The third-order valence-corrected chi connectivity index (χ3v) is 5.64. The molecular formula is C22H25NO4S. The summed E-state index contributed by atoms with van der Waals surface area (Å²) in [7, 11) is 0. The Hall–Kier alpha value is -2.47. The molecule has 1 heterocycles. The van der Waals surface area contributed by atoms with Gasteiger partial charge in [0, 0.05) is 6.54 Å². The lowest BCUT2D eigenvalue weighted by Crippen LogP contribution is -2.31. The van der Waals surface area contributed by atoms with Crippen LogP contribution in [0.4, 0.5) is 4.79 Å². The Balaban J connectivity index is 1.71. The second kappa shape index (κ2) is 9.15. The van der Waals surface area contributed by atoms with E-state index in [4.69, 9.17) is 9.47 Å². The van der Waals surface area contributed by atoms with Crippen LogP contribution in [0.1, 0.15) is 30.5 Å². The van der Waals surface area contributed by atoms with E-state index in [-0.39, 0.29) is 16.4 Å². The molecule has 0 spiro atoms. The molecule has 0 saturated carbocycles. The van der Waals surface area contributed by atoms with Crippen LogP contribution in [-0.4, -0.2) is 34.4 Å². The molecule has 0 aromatic heterocycles. The molecule has 0 N–H and O–H groups in total. The van der Waals surface area contributed by atoms with Crippen LogP contribution in [0.25, 0.3) is 0 Å². The fourth-order valence-corrected chi connectivity index (χ4v) is 4.13. The van der Waals surface area contributed by atoms with Crippen LogP contribution in [-0.2, 0) is 17.8 Å². The maximum Gasteiger partial charge on any atom is 0.289 e. The zero-order chi connectivity index (χ0) is 20.1. The van der Waals surface area contributed by atoms with Crippen LogP contribution >= 0.6 is 11.8 Å². The van der Waals surface area contributed by atoms with Gasteiger partial charge in [-0.2, -0.15) is 0 Å². The van der Waals surface area contributed by atoms with Gasteiger partial charge in [-0.25, -0.2) is 0 Å². The molecule has 3 rings (SSSR count). The summed E-state index contributed by atoms with van der Waals surface area (Å²) in [6.45, 7) is 7.17. The van der Waals surface area contributed by atoms with Crippen LogP contribution in [0.3, 0.4) is 0 Å². The highest BCUT2D eigenvalue weighted by Gasteiger charge is 2.38. The maximum absolute atomic E-state index is 12.3. The number of carbonyl (C=O) groups is 2. The highest BCUT2D eigenvalue weighted by Crippen LogP contribution is 2.33. The number of rotatable bonds is 8. The fraction of sp³-hybridized carbons (Fsp3) is 0.364. The Morgan fingerprint density at radius 1 is 0.964 bits per heavy atom.